The molecule has 1 saturated heterocycles. The van der Waals surface area contributed by atoms with Crippen molar-refractivity contribution in [1.82, 2.24) is 5.32 Å². The summed E-state index contributed by atoms with van der Waals surface area (Å²) in [6, 6.07) is -0.00347. The fourth-order valence-electron chi connectivity index (χ4n) is 0.862. The van der Waals surface area contributed by atoms with E-state index in [0.717, 1.165) is 13.0 Å². The van der Waals surface area contributed by atoms with Crippen molar-refractivity contribution < 1.29 is 5.11 Å². The molecule has 0 amide bonds. The normalized spacial score (nSPS) is 31.8. The molecule has 10 heavy (non-hydrogen) atoms. The van der Waals surface area contributed by atoms with Crippen LogP contribution in [0, 0.1) is 0 Å². The maximum atomic E-state index is 8.99. The Hall–Kier alpha value is 0.460. The number of β-amino-alcohol motifs (C(OH)–C–C–N with tert-alkyl or cyclic N) is 1. The Morgan fingerprint density at radius 1 is 1.40 bits per heavy atom. The second-order valence-electron chi connectivity index (χ2n) is 2.22. The lowest BCUT2D eigenvalue weighted by Crippen LogP contribution is -2.48. The first-order chi connectivity index (χ1) is 3.80. The van der Waals surface area contributed by atoms with Gasteiger partial charge in [-0.3, -0.25) is 0 Å². The third-order valence-electron chi connectivity index (χ3n) is 1.50. The summed E-state index contributed by atoms with van der Waals surface area (Å²) < 4.78 is 0. The second kappa shape index (κ2) is 6.19. The van der Waals surface area contributed by atoms with Gasteiger partial charge in [-0.15, -0.1) is 24.8 Å². The van der Waals surface area contributed by atoms with Crippen LogP contribution >= 0.6 is 24.8 Å². The predicted molar refractivity (Wildman–Crippen MR) is 46.0 cm³/mol. The number of piperidine rings is 1. The van der Waals surface area contributed by atoms with Gasteiger partial charge in [-0.2, -0.15) is 0 Å². The largest absolute Gasteiger partial charge is 0.390 e. The molecule has 0 unspecified atom stereocenters. The standard InChI is InChI=1S/C5H12N2O.2ClH/c6-4-1-2-7-3-5(4)8;;/h4-5,7-8H,1-3,6H2;2*1H/t4-,5+;;/m1../s1. The molecule has 1 fully saturated rings. The van der Waals surface area contributed by atoms with Crippen molar-refractivity contribution in [3.63, 3.8) is 0 Å². The van der Waals surface area contributed by atoms with Gasteiger partial charge in [0.25, 0.3) is 0 Å². The smallest absolute Gasteiger partial charge is 0.0815 e. The Labute approximate surface area is 73.2 Å². The average Bonchev–Trinajstić information content (AvgIpc) is 1.77. The van der Waals surface area contributed by atoms with Gasteiger partial charge < -0.3 is 16.2 Å². The molecule has 1 aliphatic rings. The van der Waals surface area contributed by atoms with Crippen LogP contribution in [0.25, 0.3) is 0 Å². The predicted octanol–water partition coefficient (Wildman–Crippen LogP) is -0.489. The maximum Gasteiger partial charge on any atom is 0.0815 e. The number of rotatable bonds is 0. The molecule has 1 heterocycles. The van der Waals surface area contributed by atoms with E-state index in [1.54, 1.807) is 0 Å². The lowest BCUT2D eigenvalue weighted by molar-refractivity contribution is 0.120. The number of hydrogen-bond donors (Lipinski definition) is 3. The van der Waals surface area contributed by atoms with Crippen molar-refractivity contribution >= 4 is 24.8 Å². The van der Waals surface area contributed by atoms with E-state index in [4.69, 9.17) is 10.8 Å². The Morgan fingerprint density at radius 3 is 2.30 bits per heavy atom. The van der Waals surface area contributed by atoms with E-state index >= 15 is 0 Å². The van der Waals surface area contributed by atoms with Crippen molar-refractivity contribution in [2.24, 2.45) is 5.73 Å². The molecule has 64 valence electrons. The van der Waals surface area contributed by atoms with E-state index in [-0.39, 0.29) is 37.0 Å². The van der Waals surface area contributed by atoms with Crippen LogP contribution in [0.4, 0.5) is 0 Å². The summed E-state index contributed by atoms with van der Waals surface area (Å²) in [6.45, 7) is 1.60. The van der Waals surface area contributed by atoms with Gasteiger partial charge in [0.05, 0.1) is 6.10 Å². The van der Waals surface area contributed by atoms with Crippen LogP contribution in [0.5, 0.6) is 0 Å². The highest BCUT2D eigenvalue weighted by molar-refractivity contribution is 5.85. The third kappa shape index (κ3) is 3.58. The lowest BCUT2D eigenvalue weighted by Gasteiger charge is -2.24. The van der Waals surface area contributed by atoms with Gasteiger partial charge in [0, 0.05) is 12.6 Å². The van der Waals surface area contributed by atoms with E-state index in [2.05, 4.69) is 5.32 Å². The zero-order chi connectivity index (χ0) is 5.98. The first-order valence-corrected chi connectivity index (χ1v) is 2.95. The highest BCUT2D eigenvalue weighted by Gasteiger charge is 2.17. The summed E-state index contributed by atoms with van der Waals surface area (Å²) in [5.74, 6) is 0. The van der Waals surface area contributed by atoms with E-state index in [1.165, 1.54) is 0 Å². The number of nitrogens with two attached hydrogens (primary N) is 1. The number of nitrogens with one attached hydrogen (secondary N) is 1. The second-order valence-corrected chi connectivity index (χ2v) is 2.22. The molecular weight excluding hydrogens is 175 g/mol. The Morgan fingerprint density at radius 2 is 2.00 bits per heavy atom. The summed E-state index contributed by atoms with van der Waals surface area (Å²) >= 11 is 0. The van der Waals surface area contributed by atoms with Crippen molar-refractivity contribution in [1.29, 1.82) is 0 Å². The average molecular weight is 189 g/mol. The molecule has 0 aromatic rings. The van der Waals surface area contributed by atoms with Crippen LogP contribution in [0.2, 0.25) is 0 Å². The van der Waals surface area contributed by atoms with Crippen LogP contribution in [-0.2, 0) is 0 Å². The van der Waals surface area contributed by atoms with Crippen molar-refractivity contribution in [2.75, 3.05) is 13.1 Å². The van der Waals surface area contributed by atoms with Crippen LogP contribution in [0.15, 0.2) is 0 Å². The molecule has 1 rings (SSSR count). The molecule has 0 aromatic carbocycles. The number of halogens is 2. The molecule has 1 aliphatic heterocycles. The molecule has 0 aromatic heterocycles. The van der Waals surface area contributed by atoms with E-state index in [1.807, 2.05) is 0 Å². The van der Waals surface area contributed by atoms with Gasteiger partial charge in [0.1, 0.15) is 0 Å². The summed E-state index contributed by atoms with van der Waals surface area (Å²) in [5.41, 5.74) is 5.49. The minimum Gasteiger partial charge on any atom is -0.390 e. The monoisotopic (exact) mass is 188 g/mol. The Bertz CT molecular complexity index is 74.0. The Balaban J connectivity index is 0. The molecule has 0 aliphatic carbocycles. The van der Waals surface area contributed by atoms with Gasteiger partial charge in [0.2, 0.25) is 0 Å². The van der Waals surface area contributed by atoms with Crippen LogP contribution < -0.4 is 11.1 Å². The minimum absolute atomic E-state index is 0. The molecule has 2 atom stereocenters. The Kier molecular flexibility index (Phi) is 8.09. The van der Waals surface area contributed by atoms with Gasteiger partial charge >= 0.3 is 0 Å². The van der Waals surface area contributed by atoms with Crippen LogP contribution in [-0.4, -0.2) is 30.3 Å². The highest BCUT2D eigenvalue weighted by Crippen LogP contribution is 1.98. The van der Waals surface area contributed by atoms with E-state index < -0.39 is 0 Å². The summed E-state index contributed by atoms with van der Waals surface area (Å²) in [6.07, 6.45) is 0.560. The van der Waals surface area contributed by atoms with Gasteiger partial charge in [-0.25, -0.2) is 0 Å². The van der Waals surface area contributed by atoms with Crippen molar-refractivity contribution in [3.8, 4) is 0 Å². The third-order valence-corrected chi connectivity index (χ3v) is 1.50. The number of hydrogen-bond acceptors (Lipinski definition) is 3. The molecule has 0 saturated carbocycles. The first-order valence-electron chi connectivity index (χ1n) is 2.95. The highest BCUT2D eigenvalue weighted by atomic mass is 35.5. The zero-order valence-electron chi connectivity index (χ0n) is 5.62. The van der Waals surface area contributed by atoms with Crippen molar-refractivity contribution in [3.05, 3.63) is 0 Å². The molecule has 0 spiro atoms. The summed E-state index contributed by atoms with van der Waals surface area (Å²) in [5, 5.41) is 12.0. The van der Waals surface area contributed by atoms with Crippen LogP contribution in [0.3, 0.4) is 0 Å². The summed E-state index contributed by atoms with van der Waals surface area (Å²) in [4.78, 5) is 0. The molecule has 5 heteroatoms. The maximum absolute atomic E-state index is 8.99. The fourth-order valence-corrected chi connectivity index (χ4v) is 0.862. The van der Waals surface area contributed by atoms with Crippen LogP contribution in [0.1, 0.15) is 6.42 Å². The topological polar surface area (TPSA) is 58.3 Å². The number of aliphatic hydroxyl groups excluding tert-OH is 1. The van der Waals surface area contributed by atoms with Gasteiger partial charge in [0.15, 0.2) is 0 Å². The molecule has 3 nitrogen and oxygen atoms in total. The molecule has 4 N–H and O–H groups in total. The molecular formula is C5H14Cl2N2O. The fraction of sp³-hybridized carbons (Fsp3) is 1.00. The lowest BCUT2D eigenvalue weighted by atomic mass is 10.1. The zero-order valence-corrected chi connectivity index (χ0v) is 7.25. The van der Waals surface area contributed by atoms with Gasteiger partial charge in [-0.05, 0) is 13.0 Å². The van der Waals surface area contributed by atoms with E-state index in [9.17, 15) is 0 Å². The number of aliphatic hydroxyl groups is 1. The summed E-state index contributed by atoms with van der Waals surface area (Å²) in [7, 11) is 0. The van der Waals surface area contributed by atoms with Crippen molar-refractivity contribution in [2.45, 2.75) is 18.6 Å². The SMILES string of the molecule is Cl.Cl.N[C@@H]1CCNC[C@@H]1O. The van der Waals surface area contributed by atoms with E-state index in [0.29, 0.717) is 6.54 Å². The molecule has 0 bridgehead atoms. The molecule has 0 radical (unpaired) electrons. The first kappa shape index (κ1) is 13.1. The quantitative estimate of drug-likeness (QED) is 0.482. The van der Waals surface area contributed by atoms with Gasteiger partial charge in [-0.1, -0.05) is 0 Å². The minimum atomic E-state index is -0.330.